The van der Waals surface area contributed by atoms with Gasteiger partial charge in [-0.3, -0.25) is 0 Å². The SMILES string of the molecule is CCNCC1CCN(S(=O)(=O)NCC2CCC(C)C2)CC1. The molecule has 0 radical (unpaired) electrons. The summed E-state index contributed by atoms with van der Waals surface area (Å²) in [4.78, 5) is 0. The maximum absolute atomic E-state index is 12.3. The number of piperidine rings is 1. The summed E-state index contributed by atoms with van der Waals surface area (Å²) in [6.45, 7) is 8.29. The zero-order valence-electron chi connectivity index (χ0n) is 13.5. The molecule has 2 unspecified atom stereocenters. The summed E-state index contributed by atoms with van der Waals surface area (Å²) >= 11 is 0. The molecular weight excluding hydrogens is 286 g/mol. The first-order valence-electron chi connectivity index (χ1n) is 8.46. The molecule has 1 saturated carbocycles. The number of rotatable bonds is 7. The van der Waals surface area contributed by atoms with Gasteiger partial charge >= 0.3 is 0 Å². The van der Waals surface area contributed by atoms with Gasteiger partial charge in [0.1, 0.15) is 0 Å². The largest absolute Gasteiger partial charge is 0.317 e. The number of hydrogen-bond donors (Lipinski definition) is 2. The van der Waals surface area contributed by atoms with Crippen molar-refractivity contribution < 1.29 is 8.42 Å². The van der Waals surface area contributed by atoms with E-state index in [1.165, 1.54) is 6.42 Å². The molecule has 0 amide bonds. The van der Waals surface area contributed by atoms with Gasteiger partial charge in [-0.15, -0.1) is 0 Å². The van der Waals surface area contributed by atoms with E-state index in [1.54, 1.807) is 4.31 Å². The van der Waals surface area contributed by atoms with Gasteiger partial charge in [0.05, 0.1) is 0 Å². The summed E-state index contributed by atoms with van der Waals surface area (Å²) in [5, 5.41) is 3.35. The van der Waals surface area contributed by atoms with E-state index in [2.05, 4.69) is 23.9 Å². The summed E-state index contributed by atoms with van der Waals surface area (Å²) in [7, 11) is -3.27. The highest BCUT2D eigenvalue weighted by atomic mass is 32.2. The molecule has 2 rings (SSSR count). The third-order valence-electron chi connectivity index (χ3n) is 4.95. The molecule has 2 N–H and O–H groups in total. The minimum absolute atomic E-state index is 0.529. The topological polar surface area (TPSA) is 61.4 Å². The quantitative estimate of drug-likeness (QED) is 0.749. The van der Waals surface area contributed by atoms with Crippen LogP contribution < -0.4 is 10.0 Å². The molecule has 124 valence electrons. The van der Waals surface area contributed by atoms with Gasteiger partial charge in [0, 0.05) is 19.6 Å². The molecule has 2 fully saturated rings. The van der Waals surface area contributed by atoms with Crippen molar-refractivity contribution in [3.63, 3.8) is 0 Å². The lowest BCUT2D eigenvalue weighted by Gasteiger charge is -2.31. The standard InChI is InChI=1S/C15H31N3O2S/c1-3-16-11-14-6-8-18(9-7-14)21(19,20)17-12-15-5-4-13(2)10-15/h13-17H,3-12H2,1-2H3. The number of hydrogen-bond acceptors (Lipinski definition) is 3. The second-order valence-corrected chi connectivity index (χ2v) is 8.54. The van der Waals surface area contributed by atoms with Gasteiger partial charge in [-0.25, -0.2) is 4.72 Å². The van der Waals surface area contributed by atoms with Crippen LogP contribution in [0.5, 0.6) is 0 Å². The molecule has 1 saturated heterocycles. The van der Waals surface area contributed by atoms with E-state index in [0.29, 0.717) is 31.5 Å². The van der Waals surface area contributed by atoms with Crippen molar-refractivity contribution >= 4 is 10.2 Å². The molecule has 0 aromatic heterocycles. The molecule has 1 aliphatic heterocycles. The van der Waals surface area contributed by atoms with E-state index >= 15 is 0 Å². The van der Waals surface area contributed by atoms with Gasteiger partial charge in [0.15, 0.2) is 0 Å². The second-order valence-electron chi connectivity index (χ2n) is 6.79. The van der Waals surface area contributed by atoms with E-state index < -0.39 is 10.2 Å². The van der Waals surface area contributed by atoms with Crippen molar-refractivity contribution in [2.45, 2.75) is 46.0 Å². The summed E-state index contributed by atoms with van der Waals surface area (Å²) in [5.74, 6) is 1.90. The highest BCUT2D eigenvalue weighted by Crippen LogP contribution is 2.29. The predicted octanol–water partition coefficient (Wildman–Crippen LogP) is 1.58. The van der Waals surface area contributed by atoms with E-state index in [0.717, 1.165) is 44.7 Å². The molecular formula is C15H31N3O2S. The van der Waals surface area contributed by atoms with Crippen LogP contribution in [0.25, 0.3) is 0 Å². The first-order valence-corrected chi connectivity index (χ1v) is 9.90. The van der Waals surface area contributed by atoms with Gasteiger partial charge in [0.25, 0.3) is 10.2 Å². The van der Waals surface area contributed by atoms with Crippen LogP contribution in [0.4, 0.5) is 0 Å². The summed E-state index contributed by atoms with van der Waals surface area (Å²) < 4.78 is 29.2. The molecule has 2 aliphatic rings. The average Bonchev–Trinajstić information content (AvgIpc) is 2.89. The Morgan fingerprint density at radius 1 is 1.05 bits per heavy atom. The van der Waals surface area contributed by atoms with E-state index in [1.807, 2.05) is 0 Å². The van der Waals surface area contributed by atoms with Crippen LogP contribution >= 0.6 is 0 Å². The Morgan fingerprint density at radius 3 is 2.33 bits per heavy atom. The highest BCUT2D eigenvalue weighted by molar-refractivity contribution is 7.87. The molecule has 6 heteroatoms. The molecule has 5 nitrogen and oxygen atoms in total. The molecule has 2 atom stereocenters. The number of nitrogens with one attached hydrogen (secondary N) is 2. The fourth-order valence-corrected chi connectivity index (χ4v) is 4.85. The predicted molar refractivity (Wildman–Crippen MR) is 86.3 cm³/mol. The lowest BCUT2D eigenvalue weighted by molar-refractivity contribution is 0.265. The zero-order valence-corrected chi connectivity index (χ0v) is 14.3. The maximum atomic E-state index is 12.3. The van der Waals surface area contributed by atoms with Gasteiger partial charge < -0.3 is 5.32 Å². The van der Waals surface area contributed by atoms with Crippen molar-refractivity contribution in [1.29, 1.82) is 0 Å². The van der Waals surface area contributed by atoms with Crippen molar-refractivity contribution in [2.75, 3.05) is 32.7 Å². The molecule has 0 aromatic carbocycles. The molecule has 21 heavy (non-hydrogen) atoms. The van der Waals surface area contributed by atoms with Gasteiger partial charge in [-0.1, -0.05) is 20.3 Å². The van der Waals surface area contributed by atoms with E-state index in [9.17, 15) is 8.42 Å². The van der Waals surface area contributed by atoms with E-state index in [-0.39, 0.29) is 0 Å². The lowest BCUT2D eigenvalue weighted by Crippen LogP contribution is -2.47. The Bertz CT molecular complexity index is 405. The Labute approximate surface area is 130 Å². The molecule has 0 aromatic rings. The third kappa shape index (κ3) is 5.20. The van der Waals surface area contributed by atoms with Crippen LogP contribution in [0.15, 0.2) is 0 Å². The van der Waals surface area contributed by atoms with Crippen LogP contribution in [-0.2, 0) is 10.2 Å². The summed E-state index contributed by atoms with van der Waals surface area (Å²) in [5.41, 5.74) is 0. The van der Waals surface area contributed by atoms with Crippen LogP contribution in [0, 0.1) is 17.8 Å². The number of nitrogens with zero attached hydrogens (tertiary/aromatic N) is 1. The lowest BCUT2D eigenvalue weighted by atomic mass is 9.98. The fourth-order valence-electron chi connectivity index (χ4n) is 3.53. The zero-order chi connectivity index (χ0) is 15.3. The van der Waals surface area contributed by atoms with Crippen LogP contribution in [0.3, 0.4) is 0 Å². The second kappa shape index (κ2) is 7.90. The summed E-state index contributed by atoms with van der Waals surface area (Å²) in [6.07, 6.45) is 5.49. The van der Waals surface area contributed by atoms with E-state index in [4.69, 9.17) is 0 Å². The van der Waals surface area contributed by atoms with Gasteiger partial charge in [-0.2, -0.15) is 12.7 Å². The molecule has 0 bridgehead atoms. The van der Waals surface area contributed by atoms with Crippen LogP contribution in [0.2, 0.25) is 0 Å². The monoisotopic (exact) mass is 317 g/mol. The Balaban J connectivity index is 1.73. The Hall–Kier alpha value is -0.170. The minimum atomic E-state index is -3.27. The molecule has 1 aliphatic carbocycles. The third-order valence-corrected chi connectivity index (χ3v) is 6.53. The van der Waals surface area contributed by atoms with Crippen molar-refractivity contribution in [3.8, 4) is 0 Å². The van der Waals surface area contributed by atoms with Gasteiger partial charge in [-0.05, 0) is 56.5 Å². The molecule has 0 spiro atoms. The first kappa shape index (κ1) is 17.2. The van der Waals surface area contributed by atoms with Gasteiger partial charge in [0.2, 0.25) is 0 Å². The van der Waals surface area contributed by atoms with Crippen LogP contribution in [0.1, 0.15) is 46.0 Å². The summed E-state index contributed by atoms with van der Waals surface area (Å²) in [6, 6.07) is 0. The Morgan fingerprint density at radius 2 is 1.76 bits per heavy atom. The molecule has 1 heterocycles. The Kier molecular flexibility index (Phi) is 6.47. The highest BCUT2D eigenvalue weighted by Gasteiger charge is 2.29. The van der Waals surface area contributed by atoms with Crippen molar-refractivity contribution in [1.82, 2.24) is 14.3 Å². The maximum Gasteiger partial charge on any atom is 0.279 e. The smallest absolute Gasteiger partial charge is 0.279 e. The van der Waals surface area contributed by atoms with Crippen molar-refractivity contribution in [2.24, 2.45) is 17.8 Å². The average molecular weight is 317 g/mol. The normalized spacial score (nSPS) is 29.0. The first-order chi connectivity index (χ1) is 10.0. The van der Waals surface area contributed by atoms with Crippen molar-refractivity contribution in [3.05, 3.63) is 0 Å². The van der Waals surface area contributed by atoms with Crippen LogP contribution in [-0.4, -0.2) is 45.4 Å². The fraction of sp³-hybridized carbons (Fsp3) is 1.00. The minimum Gasteiger partial charge on any atom is -0.317 e.